The van der Waals surface area contributed by atoms with Crippen molar-refractivity contribution >= 4 is 23.2 Å². The third kappa shape index (κ3) is 5.76. The fraction of sp³-hybridized carbons (Fsp3) is 0.588. The molecule has 1 saturated heterocycles. The average Bonchev–Trinajstić information content (AvgIpc) is 2.53. The Morgan fingerprint density at radius 3 is 2.50 bits per heavy atom. The van der Waals surface area contributed by atoms with E-state index in [0.29, 0.717) is 6.54 Å². The van der Waals surface area contributed by atoms with Crippen LogP contribution in [-0.4, -0.2) is 60.8 Å². The third-order valence-electron chi connectivity index (χ3n) is 4.04. The van der Waals surface area contributed by atoms with E-state index in [9.17, 15) is 14.9 Å². The molecule has 0 spiro atoms. The number of nitro benzene ring substituents is 1. The lowest BCUT2D eigenvalue weighted by atomic mass is 10.2. The number of amides is 1. The highest BCUT2D eigenvalue weighted by molar-refractivity contribution is 5.67. The number of nitrogens with one attached hydrogen (secondary N) is 1. The predicted molar refractivity (Wildman–Crippen MR) is 100 cm³/mol. The second-order valence-corrected chi connectivity index (χ2v) is 7.26. The second kappa shape index (κ2) is 8.22. The number of carbonyl (C=O) groups excluding carboxylic acids is 1. The van der Waals surface area contributed by atoms with Crippen LogP contribution >= 0.6 is 0 Å². The van der Waals surface area contributed by atoms with Crippen molar-refractivity contribution in [3.63, 3.8) is 0 Å². The summed E-state index contributed by atoms with van der Waals surface area (Å²) < 4.78 is 5.20. The van der Waals surface area contributed by atoms with E-state index < -0.39 is 16.6 Å². The molecule has 1 aliphatic heterocycles. The van der Waals surface area contributed by atoms with E-state index in [1.807, 2.05) is 20.8 Å². The Morgan fingerprint density at radius 1 is 1.31 bits per heavy atom. The van der Waals surface area contributed by atoms with Gasteiger partial charge in [-0.2, -0.15) is 0 Å². The van der Waals surface area contributed by atoms with Gasteiger partial charge in [0.05, 0.1) is 4.92 Å². The van der Waals surface area contributed by atoms with E-state index in [0.717, 1.165) is 38.4 Å². The maximum Gasteiger partial charge on any atom is 0.407 e. The summed E-state index contributed by atoms with van der Waals surface area (Å²) in [6.45, 7) is 10.0. The van der Waals surface area contributed by atoms with Gasteiger partial charge in [-0.05, 0) is 32.9 Å². The topological polar surface area (TPSA) is 114 Å². The number of piperazine rings is 1. The first-order valence-electron chi connectivity index (χ1n) is 8.64. The van der Waals surface area contributed by atoms with Gasteiger partial charge in [-0.15, -0.1) is 0 Å². The zero-order valence-corrected chi connectivity index (χ0v) is 15.5. The molecular formula is C17H27N5O4. The van der Waals surface area contributed by atoms with Gasteiger partial charge >= 0.3 is 6.09 Å². The van der Waals surface area contributed by atoms with E-state index in [-0.39, 0.29) is 11.4 Å². The number of nitrogen functional groups attached to an aromatic ring is 1. The van der Waals surface area contributed by atoms with E-state index in [2.05, 4.69) is 15.1 Å². The zero-order valence-electron chi connectivity index (χ0n) is 15.5. The molecule has 0 unspecified atom stereocenters. The quantitative estimate of drug-likeness (QED) is 0.465. The summed E-state index contributed by atoms with van der Waals surface area (Å²) in [5.41, 5.74) is 6.26. The predicted octanol–water partition coefficient (Wildman–Crippen LogP) is 1.82. The number of nitro groups is 1. The summed E-state index contributed by atoms with van der Waals surface area (Å²) >= 11 is 0. The van der Waals surface area contributed by atoms with E-state index >= 15 is 0 Å². The van der Waals surface area contributed by atoms with Crippen LogP contribution in [0, 0.1) is 10.1 Å². The van der Waals surface area contributed by atoms with Crippen molar-refractivity contribution in [1.82, 2.24) is 10.2 Å². The van der Waals surface area contributed by atoms with Crippen molar-refractivity contribution < 1.29 is 14.5 Å². The van der Waals surface area contributed by atoms with Gasteiger partial charge in [-0.1, -0.05) is 0 Å². The molecule has 1 aliphatic rings. The van der Waals surface area contributed by atoms with Crippen LogP contribution in [0.1, 0.15) is 20.8 Å². The van der Waals surface area contributed by atoms with Crippen molar-refractivity contribution in [3.8, 4) is 0 Å². The summed E-state index contributed by atoms with van der Waals surface area (Å²) in [5, 5.41) is 13.6. The monoisotopic (exact) mass is 365 g/mol. The molecule has 0 saturated carbocycles. The molecule has 1 aromatic carbocycles. The van der Waals surface area contributed by atoms with Crippen molar-refractivity contribution in [2.75, 3.05) is 49.9 Å². The van der Waals surface area contributed by atoms with E-state index in [1.54, 1.807) is 12.1 Å². The number of nitrogens with zero attached hydrogens (tertiary/aromatic N) is 3. The average molecular weight is 365 g/mol. The third-order valence-corrected chi connectivity index (χ3v) is 4.04. The molecule has 144 valence electrons. The Hall–Kier alpha value is -2.55. The minimum atomic E-state index is -0.498. The van der Waals surface area contributed by atoms with E-state index in [4.69, 9.17) is 10.5 Å². The molecule has 3 N–H and O–H groups in total. The Labute approximate surface area is 153 Å². The van der Waals surface area contributed by atoms with Crippen LogP contribution in [0.4, 0.5) is 21.9 Å². The molecule has 26 heavy (non-hydrogen) atoms. The first-order chi connectivity index (χ1) is 12.2. The molecule has 0 radical (unpaired) electrons. The fourth-order valence-electron chi connectivity index (χ4n) is 2.76. The summed E-state index contributed by atoms with van der Waals surface area (Å²) in [5.74, 6) is 0. The Balaban J connectivity index is 1.76. The van der Waals surface area contributed by atoms with Crippen LogP contribution in [-0.2, 0) is 4.74 Å². The van der Waals surface area contributed by atoms with Gasteiger partial charge in [-0.25, -0.2) is 4.79 Å². The highest BCUT2D eigenvalue weighted by Gasteiger charge is 2.20. The molecule has 0 bridgehead atoms. The smallest absolute Gasteiger partial charge is 0.407 e. The lowest BCUT2D eigenvalue weighted by Crippen LogP contribution is -2.48. The lowest BCUT2D eigenvalue weighted by molar-refractivity contribution is -0.383. The highest BCUT2D eigenvalue weighted by atomic mass is 16.6. The second-order valence-electron chi connectivity index (χ2n) is 7.26. The zero-order chi connectivity index (χ0) is 19.3. The molecule has 0 aliphatic carbocycles. The Morgan fingerprint density at radius 2 is 1.96 bits per heavy atom. The molecule has 0 aromatic heterocycles. The van der Waals surface area contributed by atoms with Crippen molar-refractivity contribution in [2.45, 2.75) is 26.4 Å². The van der Waals surface area contributed by atoms with Crippen LogP contribution in [0.3, 0.4) is 0 Å². The largest absolute Gasteiger partial charge is 0.444 e. The van der Waals surface area contributed by atoms with Crippen LogP contribution in [0.5, 0.6) is 0 Å². The van der Waals surface area contributed by atoms with Gasteiger partial charge in [0.1, 0.15) is 11.3 Å². The number of carbonyl (C=O) groups is 1. The maximum absolute atomic E-state index is 11.6. The first-order valence-corrected chi connectivity index (χ1v) is 8.64. The number of hydrogen-bond donors (Lipinski definition) is 2. The number of anilines is 2. The number of hydrogen-bond acceptors (Lipinski definition) is 7. The van der Waals surface area contributed by atoms with E-state index in [1.165, 1.54) is 6.07 Å². The Bertz CT molecular complexity index is 651. The summed E-state index contributed by atoms with van der Waals surface area (Å²) in [6.07, 6.45) is -0.405. The van der Waals surface area contributed by atoms with Gasteiger partial charge in [0.15, 0.2) is 0 Å². The SMILES string of the molecule is CC(C)(C)OC(=O)NCCN1CCN(c2ccc([N+](=O)[O-])c(N)c2)CC1. The number of rotatable bonds is 5. The van der Waals surface area contributed by atoms with Crippen molar-refractivity contribution in [2.24, 2.45) is 0 Å². The van der Waals surface area contributed by atoms with Crippen LogP contribution in [0.15, 0.2) is 18.2 Å². The number of nitrogens with two attached hydrogens (primary N) is 1. The number of ether oxygens (including phenoxy) is 1. The summed E-state index contributed by atoms with van der Waals surface area (Å²) in [6, 6.07) is 4.83. The molecule has 2 rings (SSSR count). The molecule has 9 nitrogen and oxygen atoms in total. The first kappa shape index (κ1) is 19.8. The van der Waals surface area contributed by atoms with Gasteiger partial charge in [-0.3, -0.25) is 15.0 Å². The molecule has 1 amide bonds. The normalized spacial score (nSPS) is 15.6. The highest BCUT2D eigenvalue weighted by Crippen LogP contribution is 2.27. The molecular weight excluding hydrogens is 338 g/mol. The number of alkyl carbamates (subject to hydrolysis) is 1. The van der Waals surface area contributed by atoms with Gasteiger partial charge in [0, 0.05) is 51.0 Å². The van der Waals surface area contributed by atoms with Crippen LogP contribution in [0.25, 0.3) is 0 Å². The van der Waals surface area contributed by atoms with Crippen molar-refractivity contribution in [1.29, 1.82) is 0 Å². The Kier molecular flexibility index (Phi) is 6.25. The van der Waals surface area contributed by atoms with Crippen LogP contribution in [0.2, 0.25) is 0 Å². The minimum absolute atomic E-state index is 0.0689. The fourth-order valence-corrected chi connectivity index (χ4v) is 2.76. The van der Waals surface area contributed by atoms with Gasteiger partial charge < -0.3 is 20.7 Å². The van der Waals surface area contributed by atoms with Gasteiger partial charge in [0.25, 0.3) is 5.69 Å². The molecule has 1 fully saturated rings. The molecule has 9 heteroatoms. The van der Waals surface area contributed by atoms with Gasteiger partial charge in [0.2, 0.25) is 0 Å². The summed E-state index contributed by atoms with van der Waals surface area (Å²) in [4.78, 5) is 26.4. The molecule has 1 aromatic rings. The van der Waals surface area contributed by atoms with Crippen molar-refractivity contribution in [3.05, 3.63) is 28.3 Å². The lowest BCUT2D eigenvalue weighted by Gasteiger charge is -2.36. The van der Waals surface area contributed by atoms with Crippen LogP contribution < -0.4 is 16.0 Å². The summed E-state index contributed by atoms with van der Waals surface area (Å²) in [7, 11) is 0. The number of benzene rings is 1. The maximum atomic E-state index is 11.6. The minimum Gasteiger partial charge on any atom is -0.444 e. The molecule has 1 heterocycles. The molecule has 0 atom stereocenters. The standard InChI is InChI=1S/C17H27N5O4/c1-17(2,3)26-16(23)19-6-7-20-8-10-21(11-9-20)13-4-5-15(22(24)25)14(18)12-13/h4-5,12H,6-11,18H2,1-3H3,(H,19,23).